The van der Waals surface area contributed by atoms with E-state index in [1.54, 1.807) is 0 Å². The lowest BCUT2D eigenvalue weighted by molar-refractivity contribution is 0.275. The van der Waals surface area contributed by atoms with Crippen LogP contribution < -0.4 is 15.9 Å². The molecule has 0 saturated carbocycles. The molecule has 0 aliphatic carbocycles. The van der Waals surface area contributed by atoms with Gasteiger partial charge in [-0.3, -0.25) is 0 Å². The van der Waals surface area contributed by atoms with E-state index in [1.165, 1.54) is 0 Å². The van der Waals surface area contributed by atoms with Gasteiger partial charge in [0.1, 0.15) is 11.5 Å². The van der Waals surface area contributed by atoms with Gasteiger partial charge in [0.15, 0.2) is 0 Å². The first-order valence-corrected chi connectivity index (χ1v) is 7.01. The van der Waals surface area contributed by atoms with Crippen molar-refractivity contribution in [2.75, 3.05) is 0 Å². The molecule has 5 heteroatoms. The lowest BCUT2D eigenvalue weighted by atomic mass is 9.76. The zero-order chi connectivity index (χ0) is 15.0. The first-order chi connectivity index (χ1) is 10.1. The number of hydrogen-bond acceptors (Lipinski definition) is 4. The van der Waals surface area contributed by atoms with E-state index in [2.05, 4.69) is 0 Å². The Balaban J connectivity index is 1.87. The van der Waals surface area contributed by atoms with Crippen LogP contribution >= 0.6 is 0 Å². The van der Waals surface area contributed by atoms with Crippen LogP contribution in [-0.4, -0.2) is 12.1 Å². The summed E-state index contributed by atoms with van der Waals surface area (Å²) < 4.78 is 11.1. The Labute approximate surface area is 124 Å². The summed E-state index contributed by atoms with van der Waals surface area (Å²) in [6.45, 7) is 4.32. The predicted octanol–water partition coefficient (Wildman–Crippen LogP) is 2.02. The van der Waals surface area contributed by atoms with Crippen molar-refractivity contribution in [1.82, 2.24) is 0 Å². The largest absolute Gasteiger partial charge is 0.492 e. The highest BCUT2D eigenvalue weighted by molar-refractivity contribution is 6.62. The minimum Gasteiger partial charge on any atom is -0.457 e. The summed E-state index contributed by atoms with van der Waals surface area (Å²) >= 11 is 0. The van der Waals surface area contributed by atoms with Gasteiger partial charge in [0.25, 0.3) is 0 Å². The van der Waals surface area contributed by atoms with E-state index < -0.39 is 7.12 Å². The summed E-state index contributed by atoms with van der Waals surface area (Å²) in [7, 11) is -0.857. The molecule has 3 rings (SSSR count). The van der Waals surface area contributed by atoms with Crippen molar-refractivity contribution in [1.29, 1.82) is 0 Å². The molecule has 21 heavy (non-hydrogen) atoms. The molecule has 108 valence electrons. The molecular weight excluding hydrogens is 265 g/mol. The molecule has 0 aromatic heterocycles. The zero-order valence-corrected chi connectivity index (χ0v) is 12.2. The summed E-state index contributed by atoms with van der Waals surface area (Å²) in [6.07, 6.45) is 0. The lowest BCUT2D eigenvalue weighted by Gasteiger charge is -2.13. The van der Waals surface area contributed by atoms with Crippen LogP contribution in [-0.2, 0) is 11.3 Å². The third kappa shape index (κ3) is 2.68. The number of ether oxygens (including phenoxy) is 1. The van der Waals surface area contributed by atoms with Crippen LogP contribution in [0.3, 0.4) is 0 Å². The normalized spacial score (nSPS) is 15.0. The van der Waals surface area contributed by atoms with E-state index in [0.717, 1.165) is 33.7 Å². The third-order valence-electron chi connectivity index (χ3n) is 3.83. The molecule has 1 aliphatic heterocycles. The Bertz CT molecular complexity index is 655. The quantitative estimate of drug-likeness (QED) is 0.846. The third-order valence-corrected chi connectivity index (χ3v) is 3.83. The molecule has 4 nitrogen and oxygen atoms in total. The Morgan fingerprint density at radius 1 is 1.24 bits per heavy atom. The zero-order valence-electron chi connectivity index (χ0n) is 12.2. The van der Waals surface area contributed by atoms with Crippen LogP contribution in [0.25, 0.3) is 0 Å². The number of rotatable bonds is 3. The SMILES string of the molecule is Cc1c(Oc2ccc([C@H](C)N)cc2)ccc2c1B(O)OC2. The number of hydrogen-bond donors (Lipinski definition) is 2. The maximum absolute atomic E-state index is 9.86. The van der Waals surface area contributed by atoms with Crippen molar-refractivity contribution in [2.45, 2.75) is 26.5 Å². The van der Waals surface area contributed by atoms with E-state index in [9.17, 15) is 5.02 Å². The Morgan fingerprint density at radius 2 is 1.95 bits per heavy atom. The Morgan fingerprint density at radius 3 is 2.62 bits per heavy atom. The van der Waals surface area contributed by atoms with E-state index in [4.69, 9.17) is 15.1 Å². The maximum atomic E-state index is 9.86. The van der Waals surface area contributed by atoms with E-state index in [0.29, 0.717) is 6.61 Å². The first kappa shape index (κ1) is 14.1. The molecule has 0 radical (unpaired) electrons. The van der Waals surface area contributed by atoms with Gasteiger partial charge in [-0.25, -0.2) is 0 Å². The van der Waals surface area contributed by atoms with Crippen molar-refractivity contribution in [3.05, 3.63) is 53.1 Å². The van der Waals surface area contributed by atoms with Crippen molar-refractivity contribution >= 4 is 12.6 Å². The standard InChI is InChI=1S/C16H18BNO3/c1-10-15(8-5-13-9-20-17(19)16(10)13)21-14-6-3-12(4-7-14)11(2)18/h3-8,11,19H,9,18H2,1-2H3/t11-/m0/s1. The summed E-state index contributed by atoms with van der Waals surface area (Å²) in [4.78, 5) is 0. The second-order valence-electron chi connectivity index (χ2n) is 5.38. The van der Waals surface area contributed by atoms with Crippen molar-refractivity contribution < 1.29 is 14.4 Å². The highest BCUT2D eigenvalue weighted by atomic mass is 16.5. The molecule has 2 aromatic carbocycles. The molecule has 1 atom stereocenters. The van der Waals surface area contributed by atoms with Gasteiger partial charge in [-0.05, 0) is 54.2 Å². The van der Waals surface area contributed by atoms with Crippen LogP contribution in [0.4, 0.5) is 0 Å². The first-order valence-electron chi connectivity index (χ1n) is 7.01. The second-order valence-corrected chi connectivity index (χ2v) is 5.38. The van der Waals surface area contributed by atoms with Gasteiger partial charge < -0.3 is 20.1 Å². The predicted molar refractivity (Wildman–Crippen MR) is 82.7 cm³/mol. The van der Waals surface area contributed by atoms with Gasteiger partial charge >= 0.3 is 7.12 Å². The number of fused-ring (bicyclic) bond motifs is 1. The van der Waals surface area contributed by atoms with E-state index in [1.807, 2.05) is 50.2 Å². The van der Waals surface area contributed by atoms with Crippen LogP contribution in [0, 0.1) is 6.92 Å². The van der Waals surface area contributed by atoms with Gasteiger partial charge in [0, 0.05) is 6.04 Å². The molecule has 1 heterocycles. The maximum Gasteiger partial charge on any atom is 0.492 e. The lowest BCUT2D eigenvalue weighted by Crippen LogP contribution is -2.30. The minimum atomic E-state index is -0.857. The molecule has 0 amide bonds. The Hall–Kier alpha value is -1.82. The smallest absolute Gasteiger partial charge is 0.457 e. The summed E-state index contributed by atoms with van der Waals surface area (Å²) in [5.41, 5.74) is 9.64. The molecule has 3 N–H and O–H groups in total. The molecule has 0 spiro atoms. The number of benzene rings is 2. The summed E-state index contributed by atoms with van der Waals surface area (Å²) in [5, 5.41) is 9.86. The molecule has 0 saturated heterocycles. The second kappa shape index (κ2) is 5.52. The Kier molecular flexibility index (Phi) is 3.72. The summed E-state index contributed by atoms with van der Waals surface area (Å²) in [6, 6.07) is 11.6. The molecule has 1 aliphatic rings. The molecule has 0 unspecified atom stereocenters. The highest BCUT2D eigenvalue weighted by Gasteiger charge is 2.30. The fraction of sp³-hybridized carbons (Fsp3) is 0.250. The van der Waals surface area contributed by atoms with Gasteiger partial charge in [-0.15, -0.1) is 0 Å². The van der Waals surface area contributed by atoms with Gasteiger partial charge in [0.05, 0.1) is 6.61 Å². The molecule has 0 bridgehead atoms. The van der Waals surface area contributed by atoms with Crippen LogP contribution in [0.5, 0.6) is 11.5 Å². The fourth-order valence-corrected chi connectivity index (χ4v) is 2.56. The average Bonchev–Trinajstić information content (AvgIpc) is 2.85. The average molecular weight is 283 g/mol. The minimum absolute atomic E-state index is 0.00748. The summed E-state index contributed by atoms with van der Waals surface area (Å²) in [5.74, 6) is 1.47. The van der Waals surface area contributed by atoms with E-state index >= 15 is 0 Å². The van der Waals surface area contributed by atoms with Crippen LogP contribution in [0.1, 0.15) is 29.7 Å². The van der Waals surface area contributed by atoms with Gasteiger partial charge in [-0.2, -0.15) is 0 Å². The van der Waals surface area contributed by atoms with Crippen LogP contribution in [0.15, 0.2) is 36.4 Å². The van der Waals surface area contributed by atoms with E-state index in [-0.39, 0.29) is 6.04 Å². The van der Waals surface area contributed by atoms with Gasteiger partial charge in [0.2, 0.25) is 0 Å². The topological polar surface area (TPSA) is 64.7 Å². The monoisotopic (exact) mass is 283 g/mol. The van der Waals surface area contributed by atoms with Crippen molar-refractivity contribution in [2.24, 2.45) is 5.73 Å². The molecule has 2 aromatic rings. The van der Waals surface area contributed by atoms with Gasteiger partial charge in [-0.1, -0.05) is 18.2 Å². The molecular formula is C16H18BNO3. The van der Waals surface area contributed by atoms with Crippen LogP contribution in [0.2, 0.25) is 0 Å². The van der Waals surface area contributed by atoms with Crippen molar-refractivity contribution in [3.8, 4) is 11.5 Å². The molecule has 0 fully saturated rings. The highest BCUT2D eigenvalue weighted by Crippen LogP contribution is 2.27. The van der Waals surface area contributed by atoms with Crippen molar-refractivity contribution in [3.63, 3.8) is 0 Å². The fourth-order valence-electron chi connectivity index (χ4n) is 2.56. The number of nitrogens with two attached hydrogens (primary N) is 1.